The predicted octanol–water partition coefficient (Wildman–Crippen LogP) is 6.92. The smallest absolute Gasteiger partial charge is 0.295 e. The van der Waals surface area contributed by atoms with E-state index in [-0.39, 0.29) is 11.3 Å². The van der Waals surface area contributed by atoms with Crippen LogP contribution in [-0.4, -0.2) is 28.2 Å². The van der Waals surface area contributed by atoms with Crippen LogP contribution in [0.2, 0.25) is 0 Å². The molecule has 0 radical (unpaired) electrons. The second-order valence-corrected chi connectivity index (χ2v) is 9.92. The zero-order valence-electron chi connectivity index (χ0n) is 22.0. The van der Waals surface area contributed by atoms with E-state index in [0.29, 0.717) is 30.4 Å². The minimum atomic E-state index is -0.645. The van der Waals surface area contributed by atoms with Crippen LogP contribution in [0.1, 0.15) is 73.4 Å². The molecule has 1 fully saturated rings. The first-order chi connectivity index (χ1) is 17.8. The van der Waals surface area contributed by atoms with E-state index in [1.807, 2.05) is 68.4 Å². The van der Waals surface area contributed by atoms with E-state index < -0.39 is 17.7 Å². The number of Topliss-reactive ketones (excluding diaryl/α,β-unsaturated/α-hetero) is 1. The molecule has 0 saturated carbocycles. The first kappa shape index (κ1) is 26.2. The van der Waals surface area contributed by atoms with Crippen LogP contribution < -0.4 is 4.74 Å². The molecule has 1 unspecified atom stereocenters. The molecule has 1 heterocycles. The number of nitrogens with zero attached hydrogens (tertiary/aromatic N) is 1. The highest BCUT2D eigenvalue weighted by molar-refractivity contribution is 6.46. The number of rotatable bonds is 9. The van der Waals surface area contributed by atoms with Gasteiger partial charge in [-0.2, -0.15) is 0 Å². The van der Waals surface area contributed by atoms with Crippen molar-refractivity contribution < 1.29 is 19.4 Å². The van der Waals surface area contributed by atoms with Gasteiger partial charge in [0.2, 0.25) is 0 Å². The molecule has 3 aromatic rings. The van der Waals surface area contributed by atoms with E-state index >= 15 is 0 Å². The highest BCUT2D eigenvalue weighted by atomic mass is 16.5. The summed E-state index contributed by atoms with van der Waals surface area (Å²) in [7, 11) is 0. The fraction of sp³-hybridized carbons (Fsp3) is 0.312. The van der Waals surface area contributed by atoms with Gasteiger partial charge >= 0.3 is 0 Å². The third-order valence-electron chi connectivity index (χ3n) is 6.90. The standard InChI is InChI=1S/C32H35NO4/c1-5-6-18-33-29(25-14-12-24(13-15-25)21(2)3)28(31(35)32(33)36)30(34)26-16-17-27(22(4)19-26)37-20-23-10-8-7-9-11-23/h7-17,19,21,29,34H,5-6,18,20H2,1-4H3/b30-28-. The molecule has 0 spiro atoms. The normalized spacial score (nSPS) is 17.0. The number of carbonyl (C=O) groups is 2. The number of carbonyl (C=O) groups excluding carboxylic acids is 2. The molecular weight excluding hydrogens is 462 g/mol. The molecule has 1 N–H and O–H groups in total. The molecule has 1 aliphatic heterocycles. The van der Waals surface area contributed by atoms with Gasteiger partial charge in [0.25, 0.3) is 11.7 Å². The van der Waals surface area contributed by atoms with Gasteiger partial charge in [0.1, 0.15) is 18.1 Å². The zero-order chi connectivity index (χ0) is 26.5. The van der Waals surface area contributed by atoms with Gasteiger partial charge in [-0.1, -0.05) is 81.8 Å². The van der Waals surface area contributed by atoms with Gasteiger partial charge in [0.05, 0.1) is 11.6 Å². The van der Waals surface area contributed by atoms with E-state index in [9.17, 15) is 14.7 Å². The van der Waals surface area contributed by atoms with Crippen molar-refractivity contribution in [3.63, 3.8) is 0 Å². The van der Waals surface area contributed by atoms with Crippen molar-refractivity contribution in [3.05, 3.63) is 106 Å². The third-order valence-corrected chi connectivity index (χ3v) is 6.90. The second kappa shape index (κ2) is 11.5. The summed E-state index contributed by atoms with van der Waals surface area (Å²) in [6.45, 7) is 9.09. The predicted molar refractivity (Wildman–Crippen MR) is 146 cm³/mol. The molecule has 5 nitrogen and oxygen atoms in total. The van der Waals surface area contributed by atoms with Crippen LogP contribution in [0.5, 0.6) is 5.75 Å². The molecule has 1 atom stereocenters. The number of benzene rings is 3. The quantitative estimate of drug-likeness (QED) is 0.198. The Kier molecular flexibility index (Phi) is 8.12. The highest BCUT2D eigenvalue weighted by Gasteiger charge is 2.45. The van der Waals surface area contributed by atoms with Crippen molar-refractivity contribution in [2.45, 2.75) is 59.1 Å². The number of hydrogen-bond donors (Lipinski definition) is 1. The van der Waals surface area contributed by atoms with Crippen LogP contribution >= 0.6 is 0 Å². The summed E-state index contributed by atoms with van der Waals surface area (Å²) in [4.78, 5) is 27.9. The minimum absolute atomic E-state index is 0.135. The van der Waals surface area contributed by atoms with Crippen molar-refractivity contribution in [1.82, 2.24) is 4.90 Å². The molecule has 0 aliphatic carbocycles. The third kappa shape index (κ3) is 5.61. The monoisotopic (exact) mass is 497 g/mol. The number of aliphatic hydroxyl groups excluding tert-OH is 1. The number of aryl methyl sites for hydroxylation is 1. The fourth-order valence-corrected chi connectivity index (χ4v) is 4.70. The largest absolute Gasteiger partial charge is 0.507 e. The number of unbranched alkanes of at least 4 members (excludes halogenated alkanes) is 1. The summed E-state index contributed by atoms with van der Waals surface area (Å²) in [5, 5.41) is 11.4. The van der Waals surface area contributed by atoms with E-state index in [2.05, 4.69) is 13.8 Å². The summed E-state index contributed by atoms with van der Waals surface area (Å²) < 4.78 is 5.98. The first-order valence-corrected chi connectivity index (χ1v) is 13.0. The number of amides is 1. The van der Waals surface area contributed by atoms with Crippen molar-refractivity contribution in [2.75, 3.05) is 6.54 Å². The van der Waals surface area contributed by atoms with Crippen LogP contribution in [-0.2, 0) is 16.2 Å². The number of ketones is 1. The molecule has 1 saturated heterocycles. The van der Waals surface area contributed by atoms with Crippen molar-refractivity contribution in [2.24, 2.45) is 0 Å². The van der Waals surface area contributed by atoms with E-state index in [0.717, 1.165) is 29.5 Å². The summed E-state index contributed by atoms with van der Waals surface area (Å²) >= 11 is 0. The average Bonchev–Trinajstić information content (AvgIpc) is 3.16. The second-order valence-electron chi connectivity index (χ2n) is 9.92. The van der Waals surface area contributed by atoms with Crippen LogP contribution in [0.4, 0.5) is 0 Å². The lowest BCUT2D eigenvalue weighted by atomic mass is 9.93. The van der Waals surface area contributed by atoms with Crippen LogP contribution in [0.15, 0.2) is 78.4 Å². The van der Waals surface area contributed by atoms with Crippen LogP contribution in [0.3, 0.4) is 0 Å². The number of hydrogen-bond acceptors (Lipinski definition) is 4. The maximum absolute atomic E-state index is 13.2. The molecule has 1 aliphatic rings. The summed E-state index contributed by atoms with van der Waals surface area (Å²) in [6.07, 6.45) is 1.67. The Bertz CT molecular complexity index is 1290. The number of aliphatic hydroxyl groups is 1. The summed E-state index contributed by atoms with van der Waals surface area (Å²) in [5.41, 5.74) is 4.51. The van der Waals surface area contributed by atoms with Gasteiger partial charge in [-0.05, 0) is 59.7 Å². The lowest BCUT2D eigenvalue weighted by Crippen LogP contribution is -2.30. The van der Waals surface area contributed by atoms with Gasteiger partial charge in [0, 0.05) is 12.1 Å². The molecule has 1 amide bonds. The van der Waals surface area contributed by atoms with Crippen molar-refractivity contribution in [3.8, 4) is 5.75 Å². The fourth-order valence-electron chi connectivity index (χ4n) is 4.70. The van der Waals surface area contributed by atoms with Gasteiger partial charge in [-0.15, -0.1) is 0 Å². The van der Waals surface area contributed by atoms with E-state index in [1.54, 1.807) is 23.1 Å². The molecule has 192 valence electrons. The molecule has 3 aromatic carbocycles. The van der Waals surface area contributed by atoms with Gasteiger partial charge in [-0.25, -0.2) is 0 Å². The number of likely N-dealkylation sites (tertiary alicyclic amines) is 1. The van der Waals surface area contributed by atoms with Gasteiger partial charge < -0.3 is 14.7 Å². The topological polar surface area (TPSA) is 66.8 Å². The average molecular weight is 498 g/mol. The Labute approximate surface area is 219 Å². The Morgan fingerprint density at radius 2 is 1.70 bits per heavy atom. The van der Waals surface area contributed by atoms with Crippen molar-refractivity contribution in [1.29, 1.82) is 0 Å². The summed E-state index contributed by atoms with van der Waals surface area (Å²) in [6, 6.07) is 22.6. The molecule has 0 bridgehead atoms. The maximum atomic E-state index is 13.2. The Balaban J connectivity index is 1.70. The SMILES string of the molecule is CCCCN1C(=O)C(=O)/C(=C(\O)c2ccc(OCc3ccccc3)c(C)c2)C1c1ccc(C(C)C)cc1. The minimum Gasteiger partial charge on any atom is -0.507 e. The Morgan fingerprint density at radius 1 is 1.00 bits per heavy atom. The molecular formula is C32H35NO4. The molecule has 0 aromatic heterocycles. The van der Waals surface area contributed by atoms with Crippen LogP contribution in [0, 0.1) is 6.92 Å². The Hall–Kier alpha value is -3.86. The van der Waals surface area contributed by atoms with Crippen molar-refractivity contribution >= 4 is 17.4 Å². The molecule has 37 heavy (non-hydrogen) atoms. The van der Waals surface area contributed by atoms with E-state index in [1.165, 1.54) is 5.56 Å². The lowest BCUT2D eigenvalue weighted by Gasteiger charge is -2.25. The van der Waals surface area contributed by atoms with E-state index in [4.69, 9.17) is 4.74 Å². The highest BCUT2D eigenvalue weighted by Crippen LogP contribution is 2.40. The molecule has 4 rings (SSSR count). The number of ether oxygens (including phenoxy) is 1. The molecule has 5 heteroatoms. The first-order valence-electron chi connectivity index (χ1n) is 13.0. The van der Waals surface area contributed by atoms with Gasteiger partial charge in [0.15, 0.2) is 0 Å². The summed E-state index contributed by atoms with van der Waals surface area (Å²) in [5.74, 6) is -0.301. The maximum Gasteiger partial charge on any atom is 0.295 e. The lowest BCUT2D eigenvalue weighted by molar-refractivity contribution is -0.139. The Morgan fingerprint density at radius 3 is 2.32 bits per heavy atom. The van der Waals surface area contributed by atoms with Crippen LogP contribution in [0.25, 0.3) is 5.76 Å². The van der Waals surface area contributed by atoms with Gasteiger partial charge in [-0.3, -0.25) is 9.59 Å². The zero-order valence-corrected chi connectivity index (χ0v) is 22.0.